The van der Waals surface area contributed by atoms with E-state index in [1.54, 1.807) is 18.4 Å². The van der Waals surface area contributed by atoms with Gasteiger partial charge in [-0.25, -0.2) is 4.68 Å². The number of hydrogen-bond donors (Lipinski definition) is 1. The molecule has 0 saturated heterocycles. The Morgan fingerprint density at radius 3 is 2.58 bits per heavy atom. The van der Waals surface area contributed by atoms with Crippen molar-refractivity contribution >= 4 is 22.2 Å². The summed E-state index contributed by atoms with van der Waals surface area (Å²) in [5, 5.41) is 15.9. The van der Waals surface area contributed by atoms with Crippen LogP contribution in [0.3, 0.4) is 0 Å². The first-order valence-electron chi connectivity index (χ1n) is 12.7. The second-order valence-corrected chi connectivity index (χ2v) is 10.6. The molecule has 38 heavy (non-hydrogen) atoms. The average molecular weight is 529 g/mol. The zero-order valence-corrected chi connectivity index (χ0v) is 23.0. The summed E-state index contributed by atoms with van der Waals surface area (Å²) in [6.45, 7) is 8.00. The zero-order valence-electron chi connectivity index (χ0n) is 22.1. The number of aromatic nitrogens is 5. The first-order valence-corrected chi connectivity index (χ1v) is 13.6. The van der Waals surface area contributed by atoms with E-state index in [4.69, 9.17) is 4.74 Å². The highest BCUT2D eigenvalue weighted by Gasteiger charge is 2.26. The highest BCUT2D eigenvalue weighted by atomic mass is 32.1. The van der Waals surface area contributed by atoms with Crippen LogP contribution in [0.15, 0.2) is 64.8 Å². The van der Waals surface area contributed by atoms with Crippen LogP contribution in [-0.2, 0) is 19.6 Å². The second-order valence-electron chi connectivity index (χ2n) is 9.60. The Balaban J connectivity index is 1.49. The van der Waals surface area contributed by atoms with Crippen molar-refractivity contribution in [1.82, 2.24) is 30.1 Å². The Hall–Kier alpha value is -3.82. The van der Waals surface area contributed by atoms with Crippen LogP contribution < -0.4 is 10.3 Å². The standard InChI is InChI=1S/C29H32N6O2S/c1-5-27(28-31-32-33-35(28)16-21-8-10-24(37-4)11-9-21)34(18-25-7-6-12-38-25)17-23-15-22-13-19(2)20(3)14-26(22)30-29(23)36/h6-15,27H,5,16-18H2,1-4H3,(H,30,36)/t27-/m1/s1. The fraction of sp³-hybridized carbons (Fsp3) is 0.310. The van der Waals surface area contributed by atoms with Gasteiger partial charge in [-0.05, 0) is 94.5 Å². The summed E-state index contributed by atoms with van der Waals surface area (Å²) in [7, 11) is 1.66. The maximum Gasteiger partial charge on any atom is 0.252 e. The minimum Gasteiger partial charge on any atom is -0.497 e. The van der Waals surface area contributed by atoms with Crippen molar-refractivity contribution in [2.24, 2.45) is 0 Å². The maximum atomic E-state index is 13.2. The number of hydrogen-bond acceptors (Lipinski definition) is 7. The van der Waals surface area contributed by atoms with Crippen LogP contribution in [0.2, 0.25) is 0 Å². The lowest BCUT2D eigenvalue weighted by atomic mass is 10.0. The number of nitrogens with zero attached hydrogens (tertiary/aromatic N) is 5. The third-order valence-electron chi connectivity index (χ3n) is 7.02. The van der Waals surface area contributed by atoms with Gasteiger partial charge in [0.15, 0.2) is 5.82 Å². The Labute approximate surface area is 225 Å². The molecular weight excluding hydrogens is 496 g/mol. The van der Waals surface area contributed by atoms with Gasteiger partial charge in [-0.15, -0.1) is 16.4 Å². The number of tetrazole rings is 1. The van der Waals surface area contributed by atoms with Crippen LogP contribution in [-0.4, -0.2) is 37.2 Å². The lowest BCUT2D eigenvalue weighted by Gasteiger charge is -2.30. The summed E-state index contributed by atoms with van der Waals surface area (Å²) in [5.41, 5.74) is 4.97. The van der Waals surface area contributed by atoms with E-state index < -0.39 is 0 Å². The van der Waals surface area contributed by atoms with Gasteiger partial charge in [-0.2, -0.15) is 0 Å². The monoisotopic (exact) mass is 528 g/mol. The summed E-state index contributed by atoms with van der Waals surface area (Å²) >= 11 is 1.71. The molecule has 8 nitrogen and oxygen atoms in total. The van der Waals surface area contributed by atoms with Gasteiger partial charge in [-0.1, -0.05) is 25.1 Å². The lowest BCUT2D eigenvalue weighted by molar-refractivity contribution is 0.163. The minimum absolute atomic E-state index is 0.0652. The number of thiophene rings is 1. The van der Waals surface area contributed by atoms with E-state index in [1.807, 2.05) is 41.1 Å². The normalized spacial score (nSPS) is 12.3. The number of fused-ring (bicyclic) bond motifs is 1. The molecule has 0 aliphatic heterocycles. The van der Waals surface area contributed by atoms with Gasteiger partial charge >= 0.3 is 0 Å². The molecular formula is C29H32N6O2S. The van der Waals surface area contributed by atoms with E-state index in [2.05, 4.69) is 69.8 Å². The van der Waals surface area contributed by atoms with Crippen LogP contribution in [0.5, 0.6) is 5.75 Å². The van der Waals surface area contributed by atoms with Crippen molar-refractivity contribution in [3.8, 4) is 5.75 Å². The third-order valence-corrected chi connectivity index (χ3v) is 7.89. The average Bonchev–Trinajstić information content (AvgIpc) is 3.59. The van der Waals surface area contributed by atoms with Crippen molar-refractivity contribution in [3.63, 3.8) is 0 Å². The molecule has 5 rings (SSSR count). The van der Waals surface area contributed by atoms with Crippen LogP contribution in [0.1, 0.15) is 52.3 Å². The molecule has 0 unspecified atom stereocenters. The zero-order chi connectivity index (χ0) is 26.6. The van der Waals surface area contributed by atoms with Gasteiger partial charge in [0.1, 0.15) is 5.75 Å². The first kappa shape index (κ1) is 25.8. The van der Waals surface area contributed by atoms with Crippen molar-refractivity contribution in [1.29, 1.82) is 0 Å². The topological polar surface area (TPSA) is 88.9 Å². The molecule has 0 aliphatic carbocycles. The Morgan fingerprint density at radius 1 is 1.08 bits per heavy atom. The van der Waals surface area contributed by atoms with Gasteiger partial charge in [0, 0.05) is 29.0 Å². The van der Waals surface area contributed by atoms with Gasteiger partial charge < -0.3 is 9.72 Å². The number of aromatic amines is 1. The first-order chi connectivity index (χ1) is 18.4. The Kier molecular flexibility index (Phi) is 7.67. The van der Waals surface area contributed by atoms with Crippen molar-refractivity contribution in [2.45, 2.75) is 52.9 Å². The summed E-state index contributed by atoms with van der Waals surface area (Å²) in [6.07, 6.45) is 0.790. The molecule has 1 atom stereocenters. The predicted molar refractivity (Wildman–Crippen MR) is 151 cm³/mol. The molecule has 3 aromatic heterocycles. The van der Waals surface area contributed by atoms with Crippen molar-refractivity contribution in [2.75, 3.05) is 7.11 Å². The summed E-state index contributed by atoms with van der Waals surface area (Å²) in [5.74, 6) is 1.59. The summed E-state index contributed by atoms with van der Waals surface area (Å²) in [4.78, 5) is 19.8. The van der Waals surface area contributed by atoms with Crippen LogP contribution in [0.4, 0.5) is 0 Å². The molecule has 2 aromatic carbocycles. The van der Waals surface area contributed by atoms with E-state index >= 15 is 0 Å². The van der Waals surface area contributed by atoms with Gasteiger partial charge in [0.2, 0.25) is 0 Å². The number of pyridine rings is 1. The number of H-pyrrole nitrogens is 1. The molecule has 0 spiro atoms. The molecule has 5 aromatic rings. The number of nitrogens with one attached hydrogen (secondary N) is 1. The van der Waals surface area contributed by atoms with E-state index in [0.717, 1.165) is 45.6 Å². The third kappa shape index (κ3) is 5.54. The fourth-order valence-electron chi connectivity index (χ4n) is 4.81. The highest BCUT2D eigenvalue weighted by Crippen LogP contribution is 2.28. The SMILES string of the molecule is CC[C@H](c1nnnn1Cc1ccc(OC)cc1)N(Cc1cccs1)Cc1cc2cc(C)c(C)cc2[nH]c1=O. The highest BCUT2D eigenvalue weighted by molar-refractivity contribution is 7.09. The number of benzene rings is 2. The Morgan fingerprint density at radius 2 is 1.87 bits per heavy atom. The van der Waals surface area contributed by atoms with Crippen LogP contribution in [0.25, 0.3) is 10.9 Å². The molecule has 196 valence electrons. The largest absolute Gasteiger partial charge is 0.497 e. The second kappa shape index (κ2) is 11.3. The quantitative estimate of drug-likeness (QED) is 0.261. The minimum atomic E-state index is -0.0831. The van der Waals surface area contributed by atoms with Gasteiger partial charge in [0.25, 0.3) is 5.56 Å². The fourth-order valence-corrected chi connectivity index (χ4v) is 5.54. The maximum absolute atomic E-state index is 13.2. The van der Waals surface area contributed by atoms with E-state index in [0.29, 0.717) is 19.6 Å². The molecule has 0 saturated carbocycles. The molecule has 9 heteroatoms. The lowest BCUT2D eigenvalue weighted by Crippen LogP contribution is -2.32. The van der Waals surface area contributed by atoms with E-state index in [9.17, 15) is 4.79 Å². The smallest absolute Gasteiger partial charge is 0.252 e. The van der Waals surface area contributed by atoms with E-state index in [-0.39, 0.29) is 11.6 Å². The van der Waals surface area contributed by atoms with Gasteiger partial charge in [0.05, 0.1) is 19.7 Å². The van der Waals surface area contributed by atoms with E-state index in [1.165, 1.54) is 10.4 Å². The summed E-state index contributed by atoms with van der Waals surface area (Å²) < 4.78 is 7.14. The number of aryl methyl sites for hydroxylation is 2. The van der Waals surface area contributed by atoms with Crippen molar-refractivity contribution in [3.05, 3.63) is 103 Å². The molecule has 0 bridgehead atoms. The molecule has 1 N–H and O–H groups in total. The molecule has 0 fully saturated rings. The molecule has 0 radical (unpaired) electrons. The predicted octanol–water partition coefficient (Wildman–Crippen LogP) is 5.40. The van der Waals surface area contributed by atoms with Crippen molar-refractivity contribution < 1.29 is 4.74 Å². The van der Waals surface area contributed by atoms with Gasteiger partial charge in [-0.3, -0.25) is 9.69 Å². The number of methoxy groups -OCH3 is 1. The number of ether oxygens (including phenoxy) is 1. The molecule has 0 amide bonds. The number of rotatable bonds is 10. The summed E-state index contributed by atoms with van der Waals surface area (Å²) in [6, 6.07) is 18.2. The Bertz CT molecular complexity index is 1570. The molecule has 3 heterocycles. The van der Waals surface area contributed by atoms with Crippen LogP contribution in [0, 0.1) is 13.8 Å². The van der Waals surface area contributed by atoms with Crippen LogP contribution >= 0.6 is 11.3 Å². The molecule has 0 aliphatic rings.